The van der Waals surface area contributed by atoms with Crippen molar-refractivity contribution in [2.24, 2.45) is 0 Å². The van der Waals surface area contributed by atoms with E-state index in [1.165, 1.54) is 48.3 Å². The molecule has 5 rings (SSSR count). The number of esters is 3. The maximum absolute atomic E-state index is 13.5. The van der Waals surface area contributed by atoms with Crippen molar-refractivity contribution in [1.82, 2.24) is 9.80 Å². The number of aliphatic hydroxyl groups is 5. The van der Waals surface area contributed by atoms with Crippen LogP contribution in [0.3, 0.4) is 0 Å². The number of ether oxygens (including phenoxy) is 4. The van der Waals surface area contributed by atoms with Crippen molar-refractivity contribution >= 4 is 35.2 Å². The molecule has 0 aromatic heterocycles. The number of aliphatic hydroxyl groups excluding tert-OH is 4. The number of nitrogens with zero attached hydrogens (tertiary/aromatic N) is 2. The van der Waals surface area contributed by atoms with Gasteiger partial charge < -0.3 is 49.4 Å². The van der Waals surface area contributed by atoms with Crippen molar-refractivity contribution in [1.29, 1.82) is 0 Å². The van der Waals surface area contributed by atoms with Crippen molar-refractivity contribution in [2.45, 2.75) is 48.6 Å². The Bertz CT molecular complexity index is 1620. The first-order valence-corrected chi connectivity index (χ1v) is 15.7. The van der Waals surface area contributed by atoms with E-state index in [0.29, 0.717) is 0 Å². The number of carbonyl (C=O) groups excluding carboxylic acids is 3. The fourth-order valence-electron chi connectivity index (χ4n) is 5.66. The zero-order chi connectivity index (χ0) is 35.3. The Morgan fingerprint density at radius 2 is 1.31 bits per heavy atom. The van der Waals surface area contributed by atoms with Crippen LogP contribution in [0.25, 0.3) is 0 Å². The van der Waals surface area contributed by atoms with Crippen LogP contribution in [-0.2, 0) is 18.9 Å². The Morgan fingerprint density at radius 3 is 1.80 bits per heavy atom. The highest BCUT2D eigenvalue weighted by atomic mass is 32.1. The Hall–Kier alpha value is -4.48. The number of benzene rings is 3. The van der Waals surface area contributed by atoms with Crippen LogP contribution < -0.4 is 0 Å². The Kier molecular flexibility index (Phi) is 11.2. The fraction of sp³-hybridized carbons (Fsp3) is 0.353. The van der Waals surface area contributed by atoms with Crippen LogP contribution in [0.5, 0.6) is 0 Å². The van der Waals surface area contributed by atoms with E-state index in [0.717, 1.165) is 4.90 Å². The van der Waals surface area contributed by atoms with E-state index in [1.807, 2.05) is 0 Å². The number of likely N-dealkylation sites (N-methyl/N-ethyl adjacent to an activating group) is 1. The number of carbonyl (C=O) groups is 3. The monoisotopic (exact) mass is 696 g/mol. The molecule has 5 N–H and O–H groups in total. The molecule has 3 aromatic rings. The smallest absolute Gasteiger partial charge is 0.338 e. The molecule has 260 valence electrons. The van der Waals surface area contributed by atoms with E-state index in [4.69, 9.17) is 31.2 Å². The highest BCUT2D eigenvalue weighted by molar-refractivity contribution is 7.80. The fourth-order valence-corrected chi connectivity index (χ4v) is 5.99. The highest BCUT2D eigenvalue weighted by Gasteiger charge is 2.62. The van der Waals surface area contributed by atoms with E-state index in [9.17, 15) is 39.9 Å². The van der Waals surface area contributed by atoms with Gasteiger partial charge in [0.15, 0.2) is 29.3 Å². The summed E-state index contributed by atoms with van der Waals surface area (Å²) >= 11 is 5.59. The van der Waals surface area contributed by atoms with E-state index in [2.05, 4.69) is 0 Å². The van der Waals surface area contributed by atoms with Gasteiger partial charge in [0.05, 0.1) is 29.8 Å². The highest BCUT2D eigenvalue weighted by Crippen LogP contribution is 2.39. The molecule has 3 aromatic carbocycles. The van der Waals surface area contributed by atoms with Crippen LogP contribution in [0.15, 0.2) is 91.0 Å². The van der Waals surface area contributed by atoms with Gasteiger partial charge in [0, 0.05) is 7.05 Å². The Balaban J connectivity index is 1.56. The zero-order valence-electron chi connectivity index (χ0n) is 26.2. The number of thiocarbonyl (C=S) groups is 1. The first kappa shape index (κ1) is 35.8. The summed E-state index contributed by atoms with van der Waals surface area (Å²) in [6.07, 6.45) is -12.2. The molecule has 0 bridgehead atoms. The molecule has 2 aliphatic heterocycles. The summed E-state index contributed by atoms with van der Waals surface area (Å²) in [6.45, 7) is -1.92. The molecule has 0 saturated carbocycles. The largest absolute Gasteiger partial charge is 0.459 e. The lowest BCUT2D eigenvalue weighted by Crippen LogP contribution is -2.66. The molecule has 2 heterocycles. The summed E-state index contributed by atoms with van der Waals surface area (Å²) in [4.78, 5) is 42.2. The normalized spacial score (nSPS) is 25.4. The molecule has 2 aliphatic rings. The minimum Gasteiger partial charge on any atom is -0.459 e. The second kappa shape index (κ2) is 15.4. The second-order valence-electron chi connectivity index (χ2n) is 11.6. The van der Waals surface area contributed by atoms with Gasteiger partial charge in [-0.25, -0.2) is 14.4 Å². The first-order chi connectivity index (χ1) is 23.5. The Morgan fingerprint density at radius 1 is 0.837 bits per heavy atom. The molecule has 15 heteroatoms. The minimum absolute atomic E-state index is 0.117. The zero-order valence-corrected chi connectivity index (χ0v) is 27.0. The average Bonchev–Trinajstić information content (AvgIpc) is 3.57. The van der Waals surface area contributed by atoms with Gasteiger partial charge in [-0.1, -0.05) is 54.6 Å². The van der Waals surface area contributed by atoms with Gasteiger partial charge in [-0.15, -0.1) is 0 Å². The van der Waals surface area contributed by atoms with Crippen LogP contribution in [0.2, 0.25) is 0 Å². The van der Waals surface area contributed by atoms with E-state index in [1.54, 1.807) is 54.6 Å². The molecule has 0 aliphatic carbocycles. The predicted octanol–water partition coefficient (Wildman–Crippen LogP) is 0.315. The van der Waals surface area contributed by atoms with Crippen LogP contribution in [0, 0.1) is 0 Å². The lowest BCUT2D eigenvalue weighted by molar-refractivity contribution is -0.230. The van der Waals surface area contributed by atoms with Gasteiger partial charge in [0.25, 0.3) is 0 Å². The lowest BCUT2D eigenvalue weighted by atomic mass is 9.96. The van der Waals surface area contributed by atoms with Crippen molar-refractivity contribution in [3.63, 3.8) is 0 Å². The predicted molar refractivity (Wildman–Crippen MR) is 174 cm³/mol. The van der Waals surface area contributed by atoms with Gasteiger partial charge in [-0.3, -0.25) is 4.90 Å². The molecular formula is C34H36N2O12S. The van der Waals surface area contributed by atoms with Gasteiger partial charge in [0.1, 0.15) is 31.0 Å². The SMILES string of the molecule is CN1CC(O)([C@@H](O)[C@H](O)[C@H](O)CO)N([C@@H]2O[C@H](COC(=O)c3ccccc3)[C@@H](OC(=O)c3ccccc3)[C@H]2OC(=O)c2ccccc2)C1=S. The van der Waals surface area contributed by atoms with Crippen LogP contribution >= 0.6 is 12.2 Å². The molecule has 1 unspecified atom stereocenters. The summed E-state index contributed by atoms with van der Waals surface area (Å²) in [7, 11) is 1.47. The van der Waals surface area contributed by atoms with Crippen molar-refractivity contribution in [3.8, 4) is 0 Å². The van der Waals surface area contributed by atoms with E-state index < -0.39 is 86.2 Å². The van der Waals surface area contributed by atoms with Crippen LogP contribution in [0.4, 0.5) is 0 Å². The van der Waals surface area contributed by atoms with Crippen LogP contribution in [0.1, 0.15) is 31.1 Å². The first-order valence-electron chi connectivity index (χ1n) is 15.3. The molecule has 2 fully saturated rings. The topological polar surface area (TPSA) is 196 Å². The van der Waals surface area contributed by atoms with Gasteiger partial charge in [0.2, 0.25) is 0 Å². The molecule has 49 heavy (non-hydrogen) atoms. The molecule has 2 saturated heterocycles. The molecule has 0 amide bonds. The van der Waals surface area contributed by atoms with Crippen molar-refractivity contribution in [2.75, 3.05) is 26.8 Å². The summed E-state index contributed by atoms with van der Waals surface area (Å²) in [5.74, 6) is -2.45. The third kappa shape index (κ3) is 7.58. The molecular weight excluding hydrogens is 660 g/mol. The minimum atomic E-state index is -2.52. The number of rotatable bonds is 12. The third-order valence-corrected chi connectivity index (χ3v) is 8.74. The summed E-state index contributed by atoms with van der Waals surface area (Å²) < 4.78 is 23.6. The average molecular weight is 697 g/mol. The van der Waals surface area contributed by atoms with Crippen molar-refractivity contribution in [3.05, 3.63) is 108 Å². The maximum atomic E-state index is 13.5. The molecule has 0 radical (unpaired) electrons. The quantitative estimate of drug-likeness (QED) is 0.0986. The summed E-state index contributed by atoms with van der Waals surface area (Å²) in [5, 5.41) is 53.2. The second-order valence-corrected chi connectivity index (χ2v) is 11.9. The van der Waals surface area contributed by atoms with E-state index >= 15 is 0 Å². The van der Waals surface area contributed by atoms with Crippen molar-refractivity contribution < 1.29 is 58.9 Å². The number of hydrogen-bond donors (Lipinski definition) is 5. The molecule has 14 nitrogen and oxygen atoms in total. The van der Waals surface area contributed by atoms with Gasteiger partial charge in [-0.2, -0.15) is 0 Å². The Labute approximate surface area is 286 Å². The summed E-state index contributed by atoms with van der Waals surface area (Å²) in [6, 6.07) is 23.8. The van der Waals surface area contributed by atoms with Crippen LogP contribution in [-0.4, -0.2) is 134 Å². The summed E-state index contributed by atoms with van der Waals surface area (Å²) in [5.41, 5.74) is -2.04. The lowest BCUT2D eigenvalue weighted by Gasteiger charge is -2.43. The molecule has 0 spiro atoms. The number of hydrogen-bond acceptors (Lipinski definition) is 13. The molecule has 8 atom stereocenters. The van der Waals surface area contributed by atoms with E-state index in [-0.39, 0.29) is 21.8 Å². The third-order valence-electron chi connectivity index (χ3n) is 8.23. The number of β-amino-alcohol motifs (C(OH)–C–C–N with tert-alkyl or cyclic N) is 1. The standard InChI is InChI=1S/C34H36N2O12S/c1-35-19-34(44,28(40)25(39)23(38)17-37)36(33(35)49)29-27(48-32(43)22-15-9-4-10-16-22)26(47-31(42)21-13-7-3-8-14-21)24(46-29)18-45-30(41)20-11-5-2-6-12-20/h2-16,23-29,37-40,44H,17-19H2,1H3/t23-,24-,25-,26-,27-,28+,29-,34?/m1/s1. The van der Waals surface area contributed by atoms with Gasteiger partial charge >= 0.3 is 17.9 Å². The maximum Gasteiger partial charge on any atom is 0.338 e. The van der Waals surface area contributed by atoms with Gasteiger partial charge in [-0.05, 0) is 48.6 Å².